The van der Waals surface area contributed by atoms with E-state index in [1.165, 1.54) is 24.3 Å². The van der Waals surface area contributed by atoms with Crippen LogP contribution in [0.2, 0.25) is 0 Å². The van der Waals surface area contributed by atoms with Crippen molar-refractivity contribution in [2.24, 2.45) is 0 Å². The molecule has 1 rings (SSSR count). The van der Waals surface area contributed by atoms with Crippen LogP contribution in [0.15, 0.2) is 36.4 Å². The monoisotopic (exact) mass is 235 g/mol. The zero-order valence-electron chi connectivity index (χ0n) is 8.58. The highest BCUT2D eigenvalue weighted by Gasteiger charge is 2.03. The zero-order valence-corrected chi connectivity index (χ0v) is 8.58. The van der Waals surface area contributed by atoms with E-state index < -0.39 is 17.8 Å². The molecule has 0 aliphatic carbocycles. The summed E-state index contributed by atoms with van der Waals surface area (Å²) in [7, 11) is 0. The van der Waals surface area contributed by atoms with Crippen LogP contribution in [0.4, 0.5) is 5.69 Å². The Hall–Kier alpha value is -2.63. The Kier molecular flexibility index (Phi) is 3.99. The average Bonchev–Trinajstić information content (AvgIpc) is 2.27. The van der Waals surface area contributed by atoms with E-state index in [1.54, 1.807) is 0 Å². The number of carboxylic acid groups (broad SMARTS) is 2. The molecule has 0 bridgehead atoms. The molecule has 3 N–H and O–H groups in total. The molecule has 0 aliphatic heterocycles. The van der Waals surface area contributed by atoms with E-state index in [9.17, 15) is 14.4 Å². The predicted octanol–water partition coefficient (Wildman–Crippen LogP) is 0.964. The average molecular weight is 235 g/mol. The van der Waals surface area contributed by atoms with Gasteiger partial charge < -0.3 is 15.5 Å². The summed E-state index contributed by atoms with van der Waals surface area (Å²) >= 11 is 0. The molecule has 0 aromatic heterocycles. The number of hydrogen-bond donors (Lipinski definition) is 3. The fraction of sp³-hybridized carbons (Fsp3) is 0. The molecular formula is C11H9NO5. The van der Waals surface area contributed by atoms with Gasteiger partial charge in [0, 0.05) is 17.8 Å². The molecule has 0 saturated heterocycles. The highest BCUT2D eigenvalue weighted by Crippen LogP contribution is 2.09. The number of hydrogen-bond acceptors (Lipinski definition) is 3. The molecule has 0 fully saturated rings. The standard InChI is InChI=1S/C11H9NO5/c13-9(5-6-10(14)15)12-8-3-1-7(2-4-8)11(16)17/h1-6H,(H,12,13)(H,14,15)(H,16,17)/b6-5+. The van der Waals surface area contributed by atoms with Gasteiger partial charge in [0.05, 0.1) is 5.56 Å². The summed E-state index contributed by atoms with van der Waals surface area (Å²) in [4.78, 5) is 31.8. The minimum Gasteiger partial charge on any atom is -0.478 e. The molecule has 0 unspecified atom stereocenters. The van der Waals surface area contributed by atoms with Crippen molar-refractivity contribution in [1.29, 1.82) is 0 Å². The van der Waals surface area contributed by atoms with E-state index in [2.05, 4.69) is 5.32 Å². The summed E-state index contributed by atoms with van der Waals surface area (Å²) in [5, 5.41) is 19.3. The lowest BCUT2D eigenvalue weighted by Gasteiger charge is -2.01. The van der Waals surface area contributed by atoms with Crippen molar-refractivity contribution in [3.8, 4) is 0 Å². The maximum absolute atomic E-state index is 11.2. The Labute approximate surface area is 96.2 Å². The SMILES string of the molecule is O=C(O)/C=C/C(=O)Nc1ccc(C(=O)O)cc1. The Bertz CT molecular complexity index is 475. The largest absolute Gasteiger partial charge is 0.478 e. The highest BCUT2D eigenvalue weighted by atomic mass is 16.4. The molecule has 1 aromatic carbocycles. The van der Waals surface area contributed by atoms with Crippen LogP contribution in [0, 0.1) is 0 Å². The quantitative estimate of drug-likeness (QED) is 0.674. The van der Waals surface area contributed by atoms with E-state index in [1.807, 2.05) is 0 Å². The number of carbonyl (C=O) groups is 3. The van der Waals surface area contributed by atoms with Crippen LogP contribution in [0.1, 0.15) is 10.4 Å². The first-order chi connectivity index (χ1) is 7.99. The molecule has 88 valence electrons. The van der Waals surface area contributed by atoms with Gasteiger partial charge in [0.2, 0.25) is 5.91 Å². The molecule has 0 radical (unpaired) electrons. The van der Waals surface area contributed by atoms with Gasteiger partial charge in [-0.3, -0.25) is 4.79 Å². The zero-order chi connectivity index (χ0) is 12.8. The third kappa shape index (κ3) is 4.17. The Morgan fingerprint density at radius 1 is 1.00 bits per heavy atom. The van der Waals surface area contributed by atoms with Gasteiger partial charge in [-0.15, -0.1) is 0 Å². The van der Waals surface area contributed by atoms with Gasteiger partial charge in [-0.2, -0.15) is 0 Å². The van der Waals surface area contributed by atoms with Gasteiger partial charge in [0.1, 0.15) is 0 Å². The summed E-state index contributed by atoms with van der Waals surface area (Å²) in [5.41, 5.74) is 0.485. The minimum absolute atomic E-state index is 0.101. The second kappa shape index (κ2) is 5.45. The summed E-state index contributed by atoms with van der Waals surface area (Å²) in [6, 6.07) is 5.49. The van der Waals surface area contributed by atoms with Gasteiger partial charge in [-0.25, -0.2) is 9.59 Å². The lowest BCUT2D eigenvalue weighted by atomic mass is 10.2. The Balaban J connectivity index is 2.66. The normalized spacial score (nSPS) is 10.1. The van der Waals surface area contributed by atoms with Gasteiger partial charge in [-0.05, 0) is 24.3 Å². The summed E-state index contributed by atoms with van der Waals surface area (Å²) in [6.07, 6.45) is 1.58. The third-order valence-electron chi connectivity index (χ3n) is 1.78. The first kappa shape index (κ1) is 12.4. The fourth-order valence-corrected chi connectivity index (χ4v) is 1.03. The Morgan fingerprint density at radius 3 is 2.06 bits per heavy atom. The van der Waals surface area contributed by atoms with Crippen LogP contribution >= 0.6 is 0 Å². The fourth-order valence-electron chi connectivity index (χ4n) is 1.03. The smallest absolute Gasteiger partial charge is 0.335 e. The number of rotatable bonds is 4. The second-order valence-electron chi connectivity index (χ2n) is 3.04. The van der Waals surface area contributed by atoms with Crippen molar-refractivity contribution in [3.05, 3.63) is 42.0 Å². The van der Waals surface area contributed by atoms with Crippen LogP contribution in [0.3, 0.4) is 0 Å². The molecule has 0 saturated carbocycles. The van der Waals surface area contributed by atoms with E-state index in [4.69, 9.17) is 10.2 Å². The number of carboxylic acids is 2. The van der Waals surface area contributed by atoms with Crippen molar-refractivity contribution in [2.75, 3.05) is 5.32 Å². The second-order valence-corrected chi connectivity index (χ2v) is 3.04. The number of anilines is 1. The molecule has 6 nitrogen and oxygen atoms in total. The van der Waals surface area contributed by atoms with Gasteiger partial charge >= 0.3 is 11.9 Å². The predicted molar refractivity (Wildman–Crippen MR) is 58.8 cm³/mol. The van der Waals surface area contributed by atoms with Crippen LogP contribution in [0.5, 0.6) is 0 Å². The summed E-state index contributed by atoms with van der Waals surface area (Å²) < 4.78 is 0. The van der Waals surface area contributed by atoms with Crippen LogP contribution in [-0.2, 0) is 9.59 Å². The molecular weight excluding hydrogens is 226 g/mol. The molecule has 0 heterocycles. The molecule has 0 aliphatic rings. The van der Waals surface area contributed by atoms with Crippen LogP contribution in [-0.4, -0.2) is 28.1 Å². The van der Waals surface area contributed by atoms with E-state index in [0.717, 1.165) is 6.08 Å². The van der Waals surface area contributed by atoms with Crippen LogP contribution in [0.25, 0.3) is 0 Å². The summed E-state index contributed by atoms with van der Waals surface area (Å²) in [6.45, 7) is 0. The number of nitrogens with one attached hydrogen (secondary N) is 1. The van der Waals surface area contributed by atoms with E-state index in [-0.39, 0.29) is 5.56 Å². The lowest BCUT2D eigenvalue weighted by Crippen LogP contribution is -2.08. The lowest BCUT2D eigenvalue weighted by molar-refractivity contribution is -0.131. The van der Waals surface area contributed by atoms with Gasteiger partial charge in [-0.1, -0.05) is 0 Å². The van der Waals surface area contributed by atoms with E-state index >= 15 is 0 Å². The Morgan fingerprint density at radius 2 is 1.59 bits per heavy atom. The van der Waals surface area contributed by atoms with Gasteiger partial charge in [0.15, 0.2) is 0 Å². The summed E-state index contributed by atoms with van der Waals surface area (Å²) in [5.74, 6) is -2.88. The number of carbonyl (C=O) groups excluding carboxylic acids is 1. The molecule has 6 heteroatoms. The van der Waals surface area contributed by atoms with Crippen molar-refractivity contribution in [2.45, 2.75) is 0 Å². The molecule has 0 atom stereocenters. The van der Waals surface area contributed by atoms with Crippen molar-refractivity contribution >= 4 is 23.5 Å². The first-order valence-electron chi connectivity index (χ1n) is 4.54. The molecule has 17 heavy (non-hydrogen) atoms. The topological polar surface area (TPSA) is 104 Å². The van der Waals surface area contributed by atoms with Crippen molar-refractivity contribution < 1.29 is 24.6 Å². The maximum Gasteiger partial charge on any atom is 0.335 e. The molecule has 1 amide bonds. The number of benzene rings is 1. The maximum atomic E-state index is 11.2. The van der Waals surface area contributed by atoms with Gasteiger partial charge in [0.25, 0.3) is 0 Å². The number of aliphatic carboxylic acids is 1. The first-order valence-corrected chi connectivity index (χ1v) is 4.54. The number of aromatic carboxylic acids is 1. The number of amides is 1. The molecule has 0 spiro atoms. The minimum atomic E-state index is -1.22. The molecule has 1 aromatic rings. The van der Waals surface area contributed by atoms with Crippen LogP contribution < -0.4 is 5.32 Å². The van der Waals surface area contributed by atoms with E-state index in [0.29, 0.717) is 11.8 Å². The van der Waals surface area contributed by atoms with Crippen molar-refractivity contribution in [3.63, 3.8) is 0 Å². The highest BCUT2D eigenvalue weighted by molar-refractivity contribution is 6.02. The third-order valence-corrected chi connectivity index (χ3v) is 1.78. The van der Waals surface area contributed by atoms with Crippen molar-refractivity contribution in [1.82, 2.24) is 0 Å².